The number of rotatable bonds is 9. The van der Waals surface area contributed by atoms with Crippen LogP contribution in [-0.2, 0) is 4.79 Å². The zero-order valence-corrected chi connectivity index (χ0v) is 19.6. The third-order valence-corrected chi connectivity index (χ3v) is 5.95. The second-order valence-electron chi connectivity index (χ2n) is 7.33. The smallest absolute Gasteiger partial charge is 0.336 e. The summed E-state index contributed by atoms with van der Waals surface area (Å²) in [5.41, 5.74) is 0.158. The standard InChI is InChI=1S/C25H22N2O7S/c1-14(22(28)26-16-5-3-7-18(12-16)34-2)35-19-8-4-6-17(13-19)27-23(29)20-10-9-15(24(30)31)11-21(20)25(32)33/h3-14H,1-2H3,(H,26,28)(H,27,29)(H,30,31)(H,32,33). The molecule has 180 valence electrons. The number of carboxylic acid groups (broad SMARTS) is 2. The van der Waals surface area contributed by atoms with Crippen molar-refractivity contribution in [3.8, 4) is 5.75 Å². The van der Waals surface area contributed by atoms with Crippen LogP contribution in [0, 0.1) is 0 Å². The Morgan fingerprint density at radius 1 is 0.829 bits per heavy atom. The van der Waals surface area contributed by atoms with E-state index in [4.69, 9.17) is 9.84 Å². The number of benzene rings is 3. The van der Waals surface area contributed by atoms with Gasteiger partial charge in [-0.3, -0.25) is 9.59 Å². The number of hydrogen-bond acceptors (Lipinski definition) is 6. The summed E-state index contributed by atoms with van der Waals surface area (Å²) in [5.74, 6) is -3.02. The molecule has 0 saturated carbocycles. The van der Waals surface area contributed by atoms with Crippen LogP contribution in [-0.4, -0.2) is 46.3 Å². The summed E-state index contributed by atoms with van der Waals surface area (Å²) in [4.78, 5) is 48.7. The van der Waals surface area contributed by atoms with Gasteiger partial charge in [-0.2, -0.15) is 0 Å². The van der Waals surface area contributed by atoms with E-state index in [-0.39, 0.29) is 17.0 Å². The van der Waals surface area contributed by atoms with Crippen molar-refractivity contribution >= 4 is 46.9 Å². The van der Waals surface area contributed by atoms with Gasteiger partial charge in [0.1, 0.15) is 5.75 Å². The highest BCUT2D eigenvalue weighted by Gasteiger charge is 2.20. The van der Waals surface area contributed by atoms with Crippen LogP contribution in [0.1, 0.15) is 38.0 Å². The topological polar surface area (TPSA) is 142 Å². The maximum atomic E-state index is 12.7. The van der Waals surface area contributed by atoms with Gasteiger partial charge in [0.25, 0.3) is 5.91 Å². The molecule has 4 N–H and O–H groups in total. The van der Waals surface area contributed by atoms with E-state index in [9.17, 15) is 24.3 Å². The molecule has 0 aliphatic rings. The van der Waals surface area contributed by atoms with E-state index in [2.05, 4.69) is 10.6 Å². The average Bonchev–Trinajstić information content (AvgIpc) is 2.83. The molecule has 1 atom stereocenters. The Kier molecular flexibility index (Phi) is 8.11. The van der Waals surface area contributed by atoms with E-state index in [1.807, 2.05) is 0 Å². The molecule has 0 bridgehead atoms. The quantitative estimate of drug-likeness (QED) is 0.319. The van der Waals surface area contributed by atoms with Crippen molar-refractivity contribution in [1.82, 2.24) is 0 Å². The number of amides is 2. The Labute approximate surface area is 205 Å². The SMILES string of the molecule is COc1cccc(NC(=O)C(C)Sc2cccc(NC(=O)c3ccc(C(=O)O)cc3C(=O)O)c2)c1. The normalized spacial score (nSPS) is 11.3. The Balaban J connectivity index is 1.70. The molecule has 0 radical (unpaired) electrons. The molecule has 3 aromatic carbocycles. The lowest BCUT2D eigenvalue weighted by molar-refractivity contribution is -0.115. The molecule has 2 amide bonds. The molecule has 0 aromatic heterocycles. The minimum absolute atomic E-state index is 0.174. The van der Waals surface area contributed by atoms with Crippen LogP contribution in [0.2, 0.25) is 0 Å². The molecule has 0 heterocycles. The Bertz CT molecular complexity index is 1290. The van der Waals surface area contributed by atoms with Gasteiger partial charge in [0.2, 0.25) is 5.91 Å². The summed E-state index contributed by atoms with van der Waals surface area (Å²) in [6.07, 6.45) is 0. The maximum Gasteiger partial charge on any atom is 0.336 e. The number of aromatic carboxylic acids is 2. The predicted molar refractivity (Wildman–Crippen MR) is 132 cm³/mol. The molecule has 0 fully saturated rings. The molecule has 1 unspecified atom stereocenters. The molecule has 0 spiro atoms. The van der Waals surface area contributed by atoms with Crippen molar-refractivity contribution in [3.63, 3.8) is 0 Å². The van der Waals surface area contributed by atoms with Gasteiger partial charge in [-0.05, 0) is 55.5 Å². The van der Waals surface area contributed by atoms with Crippen molar-refractivity contribution in [1.29, 1.82) is 0 Å². The first-order valence-corrected chi connectivity index (χ1v) is 11.2. The summed E-state index contributed by atoms with van der Waals surface area (Å²) in [6.45, 7) is 1.74. The first-order valence-electron chi connectivity index (χ1n) is 10.3. The Morgan fingerprint density at radius 2 is 1.51 bits per heavy atom. The highest BCUT2D eigenvalue weighted by Crippen LogP contribution is 2.27. The zero-order chi connectivity index (χ0) is 25.5. The molecule has 0 saturated heterocycles. The molecular formula is C25H22N2O7S. The van der Waals surface area contributed by atoms with E-state index < -0.39 is 28.7 Å². The number of hydrogen-bond donors (Lipinski definition) is 4. The molecule has 3 aromatic rings. The van der Waals surface area contributed by atoms with Crippen molar-refractivity contribution in [2.45, 2.75) is 17.1 Å². The largest absolute Gasteiger partial charge is 0.497 e. The van der Waals surface area contributed by atoms with Gasteiger partial charge in [0.15, 0.2) is 0 Å². The highest BCUT2D eigenvalue weighted by atomic mass is 32.2. The molecule has 0 aliphatic carbocycles. The number of ether oxygens (including phenoxy) is 1. The second kappa shape index (κ2) is 11.2. The monoisotopic (exact) mass is 494 g/mol. The number of carbonyl (C=O) groups excluding carboxylic acids is 2. The van der Waals surface area contributed by atoms with E-state index >= 15 is 0 Å². The number of anilines is 2. The fourth-order valence-electron chi connectivity index (χ4n) is 3.10. The fraction of sp³-hybridized carbons (Fsp3) is 0.120. The van der Waals surface area contributed by atoms with Crippen LogP contribution in [0.15, 0.2) is 71.6 Å². The van der Waals surface area contributed by atoms with E-state index in [1.165, 1.54) is 17.8 Å². The van der Waals surface area contributed by atoms with Gasteiger partial charge in [-0.1, -0.05) is 12.1 Å². The fourth-order valence-corrected chi connectivity index (χ4v) is 4.03. The average molecular weight is 495 g/mol. The van der Waals surface area contributed by atoms with Crippen LogP contribution in [0.3, 0.4) is 0 Å². The second-order valence-corrected chi connectivity index (χ2v) is 8.75. The summed E-state index contributed by atoms with van der Waals surface area (Å²) in [5, 5.41) is 23.5. The van der Waals surface area contributed by atoms with Crippen molar-refractivity contribution in [3.05, 3.63) is 83.4 Å². The molecule has 3 rings (SSSR count). The maximum absolute atomic E-state index is 12.7. The van der Waals surface area contributed by atoms with E-state index in [0.717, 1.165) is 12.1 Å². The number of nitrogens with one attached hydrogen (secondary N) is 2. The van der Waals surface area contributed by atoms with Crippen LogP contribution in [0.25, 0.3) is 0 Å². The highest BCUT2D eigenvalue weighted by molar-refractivity contribution is 8.00. The molecule has 0 aliphatic heterocycles. The summed E-state index contributed by atoms with van der Waals surface area (Å²) in [7, 11) is 1.54. The first-order chi connectivity index (χ1) is 16.7. The van der Waals surface area contributed by atoms with E-state index in [0.29, 0.717) is 22.0 Å². The lowest BCUT2D eigenvalue weighted by Gasteiger charge is -2.14. The first kappa shape index (κ1) is 25.3. The molecule has 9 nitrogen and oxygen atoms in total. The zero-order valence-electron chi connectivity index (χ0n) is 18.8. The number of carbonyl (C=O) groups is 4. The van der Waals surface area contributed by atoms with Gasteiger partial charge in [0, 0.05) is 22.3 Å². The van der Waals surface area contributed by atoms with Gasteiger partial charge >= 0.3 is 11.9 Å². The number of methoxy groups -OCH3 is 1. The summed E-state index contributed by atoms with van der Waals surface area (Å²) >= 11 is 1.28. The van der Waals surface area contributed by atoms with Crippen molar-refractivity contribution in [2.24, 2.45) is 0 Å². The lowest BCUT2D eigenvalue weighted by Crippen LogP contribution is -2.22. The van der Waals surface area contributed by atoms with Gasteiger partial charge in [-0.15, -0.1) is 11.8 Å². The van der Waals surface area contributed by atoms with Gasteiger partial charge in [-0.25, -0.2) is 9.59 Å². The van der Waals surface area contributed by atoms with Gasteiger partial charge in [0.05, 0.1) is 29.1 Å². The number of thioether (sulfide) groups is 1. The van der Waals surface area contributed by atoms with Crippen molar-refractivity contribution < 1.29 is 34.1 Å². The third-order valence-electron chi connectivity index (χ3n) is 4.85. The minimum Gasteiger partial charge on any atom is -0.497 e. The summed E-state index contributed by atoms with van der Waals surface area (Å²) in [6, 6.07) is 17.0. The lowest BCUT2D eigenvalue weighted by atomic mass is 10.0. The van der Waals surface area contributed by atoms with Crippen molar-refractivity contribution in [2.75, 3.05) is 17.7 Å². The third kappa shape index (κ3) is 6.61. The van der Waals surface area contributed by atoms with Crippen LogP contribution in [0.5, 0.6) is 5.75 Å². The summed E-state index contributed by atoms with van der Waals surface area (Å²) < 4.78 is 5.16. The number of carboxylic acids is 2. The van der Waals surface area contributed by atoms with Crippen LogP contribution >= 0.6 is 11.8 Å². The Morgan fingerprint density at radius 3 is 2.17 bits per heavy atom. The van der Waals surface area contributed by atoms with Crippen LogP contribution < -0.4 is 15.4 Å². The van der Waals surface area contributed by atoms with Gasteiger partial charge < -0.3 is 25.6 Å². The minimum atomic E-state index is -1.42. The molecule has 10 heteroatoms. The Hall–Kier alpha value is -4.31. The van der Waals surface area contributed by atoms with E-state index in [1.54, 1.807) is 62.6 Å². The van der Waals surface area contributed by atoms with Crippen LogP contribution in [0.4, 0.5) is 11.4 Å². The molecular weight excluding hydrogens is 472 g/mol. The predicted octanol–water partition coefficient (Wildman–Crippen LogP) is 4.46. The molecule has 35 heavy (non-hydrogen) atoms.